The summed E-state index contributed by atoms with van der Waals surface area (Å²) in [5.41, 5.74) is 5.27. The van der Waals surface area contributed by atoms with Crippen LogP contribution in [0.15, 0.2) is 35.1 Å². The summed E-state index contributed by atoms with van der Waals surface area (Å²) in [6, 6.07) is 6.32. The molecule has 19 heavy (non-hydrogen) atoms. The fourth-order valence-electron chi connectivity index (χ4n) is 2.19. The van der Waals surface area contributed by atoms with E-state index in [-0.39, 0.29) is 6.04 Å². The van der Waals surface area contributed by atoms with Crippen LogP contribution in [0.2, 0.25) is 0 Å². The third kappa shape index (κ3) is 3.23. The van der Waals surface area contributed by atoms with Crippen molar-refractivity contribution in [2.24, 2.45) is 5.84 Å². The molecule has 5 heteroatoms. The Hall–Kier alpha value is -1.17. The number of nitrogens with two attached hydrogens (primary N) is 1. The third-order valence-electron chi connectivity index (χ3n) is 3.26. The highest BCUT2D eigenvalue weighted by atomic mass is 79.9. The van der Waals surface area contributed by atoms with E-state index in [1.54, 1.807) is 0 Å². The van der Waals surface area contributed by atoms with E-state index in [4.69, 9.17) is 5.84 Å². The van der Waals surface area contributed by atoms with Crippen LogP contribution in [-0.2, 0) is 13.0 Å². The first kappa shape index (κ1) is 14.2. The van der Waals surface area contributed by atoms with Crippen LogP contribution in [0, 0.1) is 6.92 Å². The Morgan fingerprint density at radius 3 is 2.95 bits per heavy atom. The maximum absolute atomic E-state index is 5.72. The maximum Gasteiger partial charge on any atom is 0.110 e. The number of hydrazine groups is 1. The summed E-state index contributed by atoms with van der Waals surface area (Å²) in [6.45, 7) is 5.11. The van der Waals surface area contributed by atoms with Crippen molar-refractivity contribution in [2.45, 2.75) is 32.9 Å². The van der Waals surface area contributed by atoms with E-state index >= 15 is 0 Å². The fraction of sp³-hybridized carbons (Fsp3) is 0.357. The molecule has 4 nitrogen and oxygen atoms in total. The fourth-order valence-corrected chi connectivity index (χ4v) is 2.71. The number of benzene rings is 1. The average Bonchev–Trinajstić information content (AvgIpc) is 2.86. The van der Waals surface area contributed by atoms with Crippen LogP contribution in [0.4, 0.5) is 0 Å². The number of hydrogen-bond donors (Lipinski definition) is 2. The van der Waals surface area contributed by atoms with Gasteiger partial charge in [0, 0.05) is 29.8 Å². The molecule has 1 aromatic carbocycles. The first-order chi connectivity index (χ1) is 9.15. The van der Waals surface area contributed by atoms with Gasteiger partial charge in [-0.3, -0.25) is 11.3 Å². The molecule has 0 amide bonds. The van der Waals surface area contributed by atoms with Crippen LogP contribution in [0.1, 0.15) is 29.9 Å². The second kappa shape index (κ2) is 6.32. The van der Waals surface area contributed by atoms with Crippen molar-refractivity contribution in [1.29, 1.82) is 0 Å². The van der Waals surface area contributed by atoms with E-state index in [9.17, 15) is 0 Å². The van der Waals surface area contributed by atoms with Gasteiger partial charge in [0.05, 0.1) is 6.04 Å². The lowest BCUT2D eigenvalue weighted by Crippen LogP contribution is -2.30. The number of aryl methyl sites for hydroxylation is 2. The molecule has 3 N–H and O–H groups in total. The van der Waals surface area contributed by atoms with Gasteiger partial charge in [-0.2, -0.15) is 0 Å². The van der Waals surface area contributed by atoms with Crippen LogP contribution in [-0.4, -0.2) is 9.55 Å². The minimum atomic E-state index is 0.0435. The van der Waals surface area contributed by atoms with Crippen molar-refractivity contribution in [1.82, 2.24) is 15.0 Å². The predicted molar refractivity (Wildman–Crippen MR) is 80.5 cm³/mol. The second-order valence-corrected chi connectivity index (χ2v) is 5.43. The minimum Gasteiger partial charge on any atom is -0.335 e. The largest absolute Gasteiger partial charge is 0.335 e. The lowest BCUT2D eigenvalue weighted by Gasteiger charge is -2.18. The number of hydrogen-bond acceptors (Lipinski definition) is 3. The van der Waals surface area contributed by atoms with E-state index in [1.807, 2.05) is 12.4 Å². The van der Waals surface area contributed by atoms with Crippen LogP contribution in [0.25, 0.3) is 0 Å². The van der Waals surface area contributed by atoms with Gasteiger partial charge in [-0.15, -0.1) is 0 Å². The third-order valence-corrected chi connectivity index (χ3v) is 3.98. The molecule has 1 aromatic heterocycles. The van der Waals surface area contributed by atoms with Gasteiger partial charge < -0.3 is 4.57 Å². The normalized spacial score (nSPS) is 12.6. The zero-order valence-corrected chi connectivity index (χ0v) is 12.8. The summed E-state index contributed by atoms with van der Waals surface area (Å²) < 4.78 is 3.20. The Kier molecular flexibility index (Phi) is 4.74. The average molecular weight is 323 g/mol. The Labute approximate surface area is 122 Å². The maximum atomic E-state index is 5.72. The molecule has 0 spiro atoms. The summed E-state index contributed by atoms with van der Waals surface area (Å²) in [4.78, 5) is 4.40. The van der Waals surface area contributed by atoms with Gasteiger partial charge in [0.2, 0.25) is 0 Å². The molecule has 2 aromatic rings. The zero-order valence-electron chi connectivity index (χ0n) is 11.2. The molecule has 2 rings (SSSR count). The van der Waals surface area contributed by atoms with Gasteiger partial charge in [-0.05, 0) is 25.5 Å². The minimum absolute atomic E-state index is 0.0435. The van der Waals surface area contributed by atoms with Crippen molar-refractivity contribution < 1.29 is 0 Å². The van der Waals surface area contributed by atoms with E-state index in [1.165, 1.54) is 5.56 Å². The molecule has 102 valence electrons. The Morgan fingerprint density at radius 1 is 1.47 bits per heavy atom. The summed E-state index contributed by atoms with van der Waals surface area (Å²) >= 11 is 3.59. The van der Waals surface area contributed by atoms with Crippen LogP contribution in [0.5, 0.6) is 0 Å². The predicted octanol–water partition coefficient (Wildman–Crippen LogP) is 2.72. The molecule has 1 atom stereocenters. The Bertz CT molecular complexity index is 550. The molecule has 0 radical (unpaired) electrons. The van der Waals surface area contributed by atoms with Crippen molar-refractivity contribution in [2.75, 3.05) is 0 Å². The smallest absolute Gasteiger partial charge is 0.110 e. The number of aromatic nitrogens is 2. The summed E-state index contributed by atoms with van der Waals surface area (Å²) in [5, 5.41) is 0. The monoisotopic (exact) mass is 322 g/mol. The van der Waals surface area contributed by atoms with Crippen LogP contribution >= 0.6 is 15.9 Å². The van der Waals surface area contributed by atoms with Crippen molar-refractivity contribution in [3.63, 3.8) is 0 Å². The van der Waals surface area contributed by atoms with Gasteiger partial charge in [0.25, 0.3) is 0 Å². The molecular weight excluding hydrogens is 304 g/mol. The Morgan fingerprint density at radius 2 is 2.26 bits per heavy atom. The quantitative estimate of drug-likeness (QED) is 0.657. The van der Waals surface area contributed by atoms with E-state index in [0.717, 1.165) is 28.8 Å². The van der Waals surface area contributed by atoms with Crippen molar-refractivity contribution in [3.05, 3.63) is 52.0 Å². The zero-order chi connectivity index (χ0) is 13.8. The molecule has 0 aliphatic heterocycles. The van der Waals surface area contributed by atoms with Crippen molar-refractivity contribution >= 4 is 15.9 Å². The molecule has 1 heterocycles. The lowest BCUT2D eigenvalue weighted by molar-refractivity contribution is 0.521. The topological polar surface area (TPSA) is 55.9 Å². The molecule has 0 fully saturated rings. The molecule has 1 unspecified atom stereocenters. The van der Waals surface area contributed by atoms with Gasteiger partial charge >= 0.3 is 0 Å². The number of nitrogens with zero attached hydrogens (tertiary/aromatic N) is 2. The van der Waals surface area contributed by atoms with E-state index in [0.29, 0.717) is 0 Å². The standard InChI is InChI=1S/C14H19BrN4/c1-3-19-7-6-17-14(19)9-13(18-16)11-8-10(2)4-5-12(11)15/h4-8,13,18H,3,9,16H2,1-2H3. The highest BCUT2D eigenvalue weighted by molar-refractivity contribution is 9.10. The van der Waals surface area contributed by atoms with Crippen molar-refractivity contribution in [3.8, 4) is 0 Å². The number of rotatable bonds is 5. The summed E-state index contributed by atoms with van der Waals surface area (Å²) in [6.07, 6.45) is 4.59. The van der Waals surface area contributed by atoms with Gasteiger partial charge in [-0.1, -0.05) is 33.6 Å². The van der Waals surface area contributed by atoms with Gasteiger partial charge in [0.1, 0.15) is 5.82 Å². The molecule has 0 aliphatic rings. The molecule has 0 bridgehead atoms. The number of imidazole rings is 1. The molecular formula is C14H19BrN4. The van der Waals surface area contributed by atoms with E-state index in [2.05, 4.69) is 63.0 Å². The molecule has 0 saturated carbocycles. The number of halogens is 1. The first-order valence-corrected chi connectivity index (χ1v) is 7.17. The first-order valence-electron chi connectivity index (χ1n) is 6.38. The number of nitrogens with one attached hydrogen (secondary N) is 1. The van der Waals surface area contributed by atoms with Crippen LogP contribution in [0.3, 0.4) is 0 Å². The molecule has 0 aliphatic carbocycles. The molecule has 0 saturated heterocycles. The highest BCUT2D eigenvalue weighted by Crippen LogP contribution is 2.26. The second-order valence-electron chi connectivity index (χ2n) is 4.58. The SMILES string of the molecule is CCn1ccnc1CC(NN)c1cc(C)ccc1Br. The highest BCUT2D eigenvalue weighted by Gasteiger charge is 2.16. The lowest BCUT2D eigenvalue weighted by atomic mass is 10.0. The summed E-state index contributed by atoms with van der Waals surface area (Å²) in [5.74, 6) is 6.76. The summed E-state index contributed by atoms with van der Waals surface area (Å²) in [7, 11) is 0. The van der Waals surface area contributed by atoms with Crippen LogP contribution < -0.4 is 11.3 Å². The van der Waals surface area contributed by atoms with Gasteiger partial charge in [0.15, 0.2) is 0 Å². The Balaban J connectivity index is 2.27. The van der Waals surface area contributed by atoms with Gasteiger partial charge in [-0.25, -0.2) is 4.98 Å². The van der Waals surface area contributed by atoms with E-state index < -0.39 is 0 Å².